The lowest BCUT2D eigenvalue weighted by molar-refractivity contribution is -0.387. The Morgan fingerprint density at radius 2 is 2.05 bits per heavy atom. The maximum atomic E-state index is 13.2. The molecule has 110 valence electrons. The van der Waals surface area contributed by atoms with E-state index in [1.165, 1.54) is 12.3 Å². The molecular weight excluding hydrogens is 327 g/mol. The first kappa shape index (κ1) is 15.1. The number of nitrogens with one attached hydrogen (secondary N) is 1. The molecule has 11 heteroatoms. The van der Waals surface area contributed by atoms with Gasteiger partial charge in [-0.2, -0.15) is 4.39 Å². The highest BCUT2D eigenvalue weighted by Gasteiger charge is 2.22. The summed E-state index contributed by atoms with van der Waals surface area (Å²) < 4.78 is 39.2. The Hall–Kier alpha value is -2.33. The number of nitro benzene ring substituents is 1. The zero-order valence-electron chi connectivity index (χ0n) is 10.0. The highest BCUT2D eigenvalue weighted by atomic mass is 35.5. The van der Waals surface area contributed by atoms with Gasteiger partial charge in [-0.1, -0.05) is 11.6 Å². The van der Waals surface area contributed by atoms with E-state index < -0.39 is 31.3 Å². The molecule has 0 aliphatic carbocycles. The van der Waals surface area contributed by atoms with E-state index in [9.17, 15) is 22.9 Å². The summed E-state index contributed by atoms with van der Waals surface area (Å²) in [5.41, 5.74) is -0.954. The molecule has 21 heavy (non-hydrogen) atoms. The molecule has 0 aliphatic rings. The van der Waals surface area contributed by atoms with Crippen molar-refractivity contribution in [2.75, 3.05) is 4.72 Å². The molecule has 0 amide bonds. The topological polar surface area (TPSA) is 115 Å². The standard InChI is InChI=1S/C10H6ClFN4O4S/c11-9-3-4-13-10(14-9)15-21(19,20)6-1-2-7(12)8(5-6)16(17)18/h1-5H,(H,13,14,15). The first-order valence-electron chi connectivity index (χ1n) is 5.25. The Balaban J connectivity index is 2.40. The van der Waals surface area contributed by atoms with Crippen molar-refractivity contribution in [3.05, 3.63) is 51.5 Å². The highest BCUT2D eigenvalue weighted by Crippen LogP contribution is 2.22. The summed E-state index contributed by atoms with van der Waals surface area (Å²) >= 11 is 5.58. The predicted molar refractivity (Wildman–Crippen MR) is 70.9 cm³/mol. The molecule has 1 heterocycles. The summed E-state index contributed by atoms with van der Waals surface area (Å²) in [6, 6.07) is 3.51. The third-order valence-corrected chi connectivity index (χ3v) is 3.81. The molecule has 0 saturated carbocycles. The Morgan fingerprint density at radius 1 is 1.33 bits per heavy atom. The summed E-state index contributed by atoms with van der Waals surface area (Å²) in [4.78, 5) is 16.3. The predicted octanol–water partition coefficient (Wildman–Crippen LogP) is 1.98. The van der Waals surface area contributed by atoms with Crippen LogP contribution in [0.3, 0.4) is 0 Å². The number of halogens is 2. The molecule has 1 N–H and O–H groups in total. The summed E-state index contributed by atoms with van der Waals surface area (Å²) in [6.45, 7) is 0. The van der Waals surface area contributed by atoms with Gasteiger partial charge in [0, 0.05) is 12.3 Å². The van der Waals surface area contributed by atoms with E-state index in [4.69, 9.17) is 11.6 Å². The van der Waals surface area contributed by atoms with Crippen LogP contribution in [-0.4, -0.2) is 23.3 Å². The van der Waals surface area contributed by atoms with Crippen molar-refractivity contribution in [2.45, 2.75) is 4.90 Å². The number of benzene rings is 1. The second-order valence-corrected chi connectivity index (χ2v) is 5.75. The minimum Gasteiger partial charge on any atom is -0.258 e. The van der Waals surface area contributed by atoms with Crippen LogP contribution in [0.25, 0.3) is 0 Å². The Labute approximate surface area is 122 Å². The lowest BCUT2D eigenvalue weighted by Crippen LogP contribution is -2.15. The van der Waals surface area contributed by atoms with Gasteiger partial charge in [0.15, 0.2) is 0 Å². The molecule has 2 rings (SSSR count). The van der Waals surface area contributed by atoms with Crippen LogP contribution >= 0.6 is 11.6 Å². The summed E-state index contributed by atoms with van der Waals surface area (Å²) in [6.07, 6.45) is 1.22. The first-order valence-corrected chi connectivity index (χ1v) is 7.11. The summed E-state index contributed by atoms with van der Waals surface area (Å²) in [5, 5.41) is 10.6. The molecule has 1 aromatic carbocycles. The van der Waals surface area contributed by atoms with Gasteiger partial charge in [0.2, 0.25) is 11.8 Å². The second kappa shape index (κ2) is 5.58. The van der Waals surface area contributed by atoms with Crippen LogP contribution in [0.1, 0.15) is 0 Å². The van der Waals surface area contributed by atoms with Crippen LogP contribution in [0.5, 0.6) is 0 Å². The van der Waals surface area contributed by atoms with E-state index in [-0.39, 0.29) is 11.1 Å². The smallest absolute Gasteiger partial charge is 0.258 e. The van der Waals surface area contributed by atoms with Gasteiger partial charge in [-0.3, -0.25) is 10.1 Å². The maximum Gasteiger partial charge on any atom is 0.306 e. The Kier molecular flexibility index (Phi) is 4.00. The third-order valence-electron chi connectivity index (χ3n) is 2.27. The Bertz CT molecular complexity index is 814. The van der Waals surface area contributed by atoms with Crippen molar-refractivity contribution >= 4 is 33.3 Å². The fourth-order valence-corrected chi connectivity index (χ4v) is 2.47. The van der Waals surface area contributed by atoms with Gasteiger partial charge in [-0.15, -0.1) is 0 Å². The molecular formula is C10H6ClFN4O4S. The van der Waals surface area contributed by atoms with E-state index in [1.54, 1.807) is 0 Å². The van der Waals surface area contributed by atoms with Crippen LogP contribution in [0, 0.1) is 15.9 Å². The minimum atomic E-state index is -4.21. The number of nitrogens with zero attached hydrogens (tertiary/aromatic N) is 3. The summed E-state index contributed by atoms with van der Waals surface area (Å²) in [7, 11) is -4.21. The first-order chi connectivity index (χ1) is 9.79. The van der Waals surface area contributed by atoms with Crippen LogP contribution in [-0.2, 0) is 10.0 Å². The number of sulfonamides is 1. The molecule has 0 fully saturated rings. The van der Waals surface area contributed by atoms with Gasteiger partial charge in [0.25, 0.3) is 10.0 Å². The van der Waals surface area contributed by atoms with E-state index in [2.05, 4.69) is 9.97 Å². The fraction of sp³-hybridized carbons (Fsp3) is 0. The van der Waals surface area contributed by atoms with Gasteiger partial charge < -0.3 is 0 Å². The second-order valence-electron chi connectivity index (χ2n) is 3.68. The van der Waals surface area contributed by atoms with Crippen molar-refractivity contribution in [1.29, 1.82) is 0 Å². The SMILES string of the molecule is O=[N+]([O-])c1cc(S(=O)(=O)Nc2nccc(Cl)n2)ccc1F. The largest absolute Gasteiger partial charge is 0.306 e. The quantitative estimate of drug-likeness (QED) is 0.520. The molecule has 1 aromatic heterocycles. The number of hydrogen-bond acceptors (Lipinski definition) is 6. The number of anilines is 1. The zero-order chi connectivity index (χ0) is 15.6. The monoisotopic (exact) mass is 332 g/mol. The van der Waals surface area contributed by atoms with Crippen LogP contribution < -0.4 is 4.72 Å². The lowest BCUT2D eigenvalue weighted by atomic mass is 10.3. The summed E-state index contributed by atoms with van der Waals surface area (Å²) in [5.74, 6) is -1.45. The van der Waals surface area contributed by atoms with Crippen molar-refractivity contribution in [1.82, 2.24) is 9.97 Å². The molecule has 2 aromatic rings. The Morgan fingerprint density at radius 3 is 2.67 bits per heavy atom. The maximum absolute atomic E-state index is 13.2. The van der Waals surface area contributed by atoms with Gasteiger partial charge >= 0.3 is 5.69 Å². The molecule has 8 nitrogen and oxygen atoms in total. The zero-order valence-corrected chi connectivity index (χ0v) is 11.6. The number of rotatable bonds is 4. The number of aromatic nitrogens is 2. The highest BCUT2D eigenvalue weighted by molar-refractivity contribution is 7.92. The fourth-order valence-electron chi connectivity index (χ4n) is 1.36. The molecule has 0 aliphatic heterocycles. The van der Waals surface area contributed by atoms with Gasteiger partial charge in [-0.05, 0) is 18.2 Å². The molecule has 0 radical (unpaired) electrons. The molecule has 0 atom stereocenters. The van der Waals surface area contributed by atoms with E-state index in [0.717, 1.165) is 6.07 Å². The van der Waals surface area contributed by atoms with Gasteiger partial charge in [0.05, 0.1) is 9.82 Å². The van der Waals surface area contributed by atoms with Crippen molar-refractivity contribution < 1.29 is 17.7 Å². The lowest BCUT2D eigenvalue weighted by Gasteiger charge is -2.06. The van der Waals surface area contributed by atoms with Crippen molar-refractivity contribution in [2.24, 2.45) is 0 Å². The minimum absolute atomic E-state index is 0.00721. The average Bonchev–Trinajstić information content (AvgIpc) is 2.38. The van der Waals surface area contributed by atoms with Crippen molar-refractivity contribution in [3.8, 4) is 0 Å². The van der Waals surface area contributed by atoms with Crippen molar-refractivity contribution in [3.63, 3.8) is 0 Å². The van der Waals surface area contributed by atoms with Crippen LogP contribution in [0.15, 0.2) is 35.4 Å². The normalized spacial score (nSPS) is 11.1. The molecule has 0 saturated heterocycles. The average molecular weight is 333 g/mol. The van der Waals surface area contributed by atoms with E-state index in [0.29, 0.717) is 12.1 Å². The number of hydrogen-bond donors (Lipinski definition) is 1. The third kappa shape index (κ3) is 3.41. The molecule has 0 bridgehead atoms. The van der Waals surface area contributed by atoms with Gasteiger partial charge in [-0.25, -0.2) is 23.1 Å². The van der Waals surface area contributed by atoms with E-state index >= 15 is 0 Å². The van der Waals surface area contributed by atoms with Crippen LogP contribution in [0.2, 0.25) is 5.15 Å². The van der Waals surface area contributed by atoms with Crippen LogP contribution in [0.4, 0.5) is 16.0 Å². The van der Waals surface area contributed by atoms with Gasteiger partial charge in [0.1, 0.15) is 5.15 Å². The van der Waals surface area contributed by atoms with E-state index in [1.807, 2.05) is 4.72 Å². The molecule has 0 unspecified atom stereocenters. The number of nitro groups is 1. The molecule has 0 spiro atoms.